The van der Waals surface area contributed by atoms with E-state index in [4.69, 9.17) is 0 Å². The number of hydrogen-bond acceptors (Lipinski definition) is 3. The summed E-state index contributed by atoms with van der Waals surface area (Å²) in [5.41, 5.74) is -0.0612. The van der Waals surface area contributed by atoms with Crippen LogP contribution in [0.4, 0.5) is 0 Å². The van der Waals surface area contributed by atoms with Crippen LogP contribution >= 0.6 is 11.3 Å². The molecule has 0 radical (unpaired) electrons. The van der Waals surface area contributed by atoms with Crippen molar-refractivity contribution in [3.63, 3.8) is 0 Å². The molecule has 0 unspecified atom stereocenters. The van der Waals surface area contributed by atoms with Crippen molar-refractivity contribution >= 4 is 23.2 Å². The molecule has 2 atom stereocenters. The third kappa shape index (κ3) is 3.66. The second-order valence-electron chi connectivity index (χ2n) is 8.21. The number of amides is 2. The van der Waals surface area contributed by atoms with Gasteiger partial charge in [0, 0.05) is 23.9 Å². The average molecular weight is 349 g/mol. The van der Waals surface area contributed by atoms with E-state index < -0.39 is 0 Å². The van der Waals surface area contributed by atoms with E-state index in [1.54, 1.807) is 11.3 Å². The van der Waals surface area contributed by atoms with Crippen molar-refractivity contribution < 1.29 is 9.59 Å². The highest BCUT2D eigenvalue weighted by molar-refractivity contribution is 7.10. The number of hydrogen-bond donors (Lipinski definition) is 1. The van der Waals surface area contributed by atoms with Crippen LogP contribution in [0.5, 0.6) is 0 Å². The van der Waals surface area contributed by atoms with Crippen molar-refractivity contribution in [2.75, 3.05) is 6.54 Å². The zero-order valence-corrected chi connectivity index (χ0v) is 15.7. The maximum Gasteiger partial charge on any atom is 0.225 e. The Morgan fingerprint density at radius 3 is 2.62 bits per heavy atom. The number of nitrogens with one attached hydrogen (secondary N) is 1. The molecule has 2 amide bonds. The first-order chi connectivity index (χ1) is 11.4. The summed E-state index contributed by atoms with van der Waals surface area (Å²) in [4.78, 5) is 28.3. The first-order valence-electron chi connectivity index (χ1n) is 8.99. The third-order valence-electron chi connectivity index (χ3n) is 5.28. The van der Waals surface area contributed by atoms with Crippen LogP contribution in [-0.2, 0) is 9.59 Å². The maximum absolute atomic E-state index is 12.8. The van der Waals surface area contributed by atoms with Crippen LogP contribution in [0.3, 0.4) is 0 Å². The largest absolute Gasteiger partial charge is 0.348 e. The molecule has 4 nitrogen and oxygen atoms in total. The molecule has 132 valence electrons. The summed E-state index contributed by atoms with van der Waals surface area (Å²) in [6, 6.07) is 4.45. The Bertz CT molecular complexity index is 585. The predicted molar refractivity (Wildman–Crippen MR) is 96.7 cm³/mol. The van der Waals surface area contributed by atoms with Crippen LogP contribution in [0, 0.1) is 11.3 Å². The molecular weight excluding hydrogens is 320 g/mol. The zero-order chi connectivity index (χ0) is 17.3. The van der Waals surface area contributed by atoms with Gasteiger partial charge in [-0.15, -0.1) is 11.3 Å². The molecule has 1 aliphatic heterocycles. The summed E-state index contributed by atoms with van der Waals surface area (Å²) in [7, 11) is 0. The van der Waals surface area contributed by atoms with E-state index >= 15 is 0 Å². The van der Waals surface area contributed by atoms with Gasteiger partial charge in [0.2, 0.25) is 11.8 Å². The summed E-state index contributed by atoms with van der Waals surface area (Å²) in [5.74, 6) is -0.0226. The number of likely N-dealkylation sites (tertiary alicyclic amines) is 1. The molecule has 0 spiro atoms. The summed E-state index contributed by atoms with van der Waals surface area (Å²) in [6.45, 7) is 7.02. The van der Waals surface area contributed by atoms with Crippen molar-refractivity contribution in [1.29, 1.82) is 0 Å². The Labute approximate surface area is 148 Å². The summed E-state index contributed by atoms with van der Waals surface area (Å²) in [5, 5.41) is 5.27. The highest BCUT2D eigenvalue weighted by Crippen LogP contribution is 2.36. The van der Waals surface area contributed by atoms with Gasteiger partial charge in [0.15, 0.2) is 0 Å². The number of rotatable bonds is 4. The van der Waals surface area contributed by atoms with Gasteiger partial charge < -0.3 is 10.2 Å². The van der Waals surface area contributed by atoms with Gasteiger partial charge in [-0.25, -0.2) is 0 Å². The van der Waals surface area contributed by atoms with E-state index in [-0.39, 0.29) is 29.2 Å². The number of nitrogens with zero attached hydrogens (tertiary/aromatic N) is 1. The van der Waals surface area contributed by atoms with Gasteiger partial charge in [-0.05, 0) is 29.7 Å². The lowest BCUT2D eigenvalue weighted by atomic mass is 9.85. The molecule has 1 aliphatic carbocycles. The van der Waals surface area contributed by atoms with Crippen LogP contribution in [-0.4, -0.2) is 29.3 Å². The Balaban J connectivity index is 1.66. The van der Waals surface area contributed by atoms with Gasteiger partial charge in [-0.2, -0.15) is 0 Å². The van der Waals surface area contributed by atoms with Gasteiger partial charge in [0.1, 0.15) is 0 Å². The first-order valence-corrected chi connectivity index (χ1v) is 9.87. The number of carbonyl (C=O) groups is 2. The first kappa shape index (κ1) is 17.5. The van der Waals surface area contributed by atoms with Gasteiger partial charge in [0.25, 0.3) is 0 Å². The quantitative estimate of drug-likeness (QED) is 0.901. The van der Waals surface area contributed by atoms with Crippen molar-refractivity contribution in [2.24, 2.45) is 11.3 Å². The minimum Gasteiger partial charge on any atom is -0.348 e. The fourth-order valence-electron chi connectivity index (χ4n) is 3.91. The minimum absolute atomic E-state index is 0.0133. The summed E-state index contributed by atoms with van der Waals surface area (Å²) in [6.07, 6.45) is 4.97. The van der Waals surface area contributed by atoms with Gasteiger partial charge in [-0.1, -0.05) is 39.7 Å². The molecule has 1 saturated heterocycles. The third-order valence-corrected chi connectivity index (χ3v) is 6.21. The van der Waals surface area contributed by atoms with Crippen molar-refractivity contribution in [3.8, 4) is 0 Å². The highest BCUT2D eigenvalue weighted by atomic mass is 32.1. The van der Waals surface area contributed by atoms with Gasteiger partial charge in [0.05, 0.1) is 12.0 Å². The SMILES string of the molecule is CC(C)(C)[C@@H](NC(=O)[C@H]1CC(=O)N(C2CCCC2)C1)c1cccs1. The van der Waals surface area contributed by atoms with E-state index in [9.17, 15) is 9.59 Å². The highest BCUT2D eigenvalue weighted by Gasteiger charge is 2.40. The molecule has 1 N–H and O–H groups in total. The van der Waals surface area contributed by atoms with Crippen LogP contribution in [0.15, 0.2) is 17.5 Å². The summed E-state index contributed by atoms with van der Waals surface area (Å²) < 4.78 is 0. The maximum atomic E-state index is 12.8. The lowest BCUT2D eigenvalue weighted by Crippen LogP contribution is -2.41. The van der Waals surface area contributed by atoms with Crippen LogP contribution < -0.4 is 5.32 Å². The lowest BCUT2D eigenvalue weighted by molar-refractivity contribution is -0.130. The molecular formula is C19H28N2O2S. The van der Waals surface area contributed by atoms with Crippen molar-refractivity contribution in [3.05, 3.63) is 22.4 Å². The number of thiophene rings is 1. The Morgan fingerprint density at radius 1 is 1.33 bits per heavy atom. The van der Waals surface area contributed by atoms with E-state index in [0.717, 1.165) is 12.8 Å². The van der Waals surface area contributed by atoms with Crippen LogP contribution in [0.1, 0.15) is 63.8 Å². The number of carbonyl (C=O) groups excluding carboxylic acids is 2. The molecule has 0 aromatic carbocycles. The second kappa shape index (κ2) is 6.87. The minimum atomic E-state index is -0.206. The van der Waals surface area contributed by atoms with E-state index in [1.165, 1.54) is 17.7 Å². The molecule has 1 saturated carbocycles. The molecule has 24 heavy (non-hydrogen) atoms. The standard InChI is InChI=1S/C19H28N2O2S/c1-19(2,3)17(15-9-6-10-24-15)20-18(23)13-11-16(22)21(12-13)14-7-4-5-8-14/h6,9-10,13-14,17H,4-5,7-8,11-12H2,1-3H3,(H,20,23)/t13-,17-/m0/s1. The van der Waals surface area contributed by atoms with E-state index in [2.05, 4.69) is 32.2 Å². The summed E-state index contributed by atoms with van der Waals surface area (Å²) >= 11 is 1.67. The van der Waals surface area contributed by atoms with E-state index in [1.807, 2.05) is 16.3 Å². The van der Waals surface area contributed by atoms with Crippen LogP contribution in [0.25, 0.3) is 0 Å². The predicted octanol–water partition coefficient (Wildman–Crippen LogP) is 3.74. The van der Waals surface area contributed by atoms with Gasteiger partial charge >= 0.3 is 0 Å². The Kier molecular flexibility index (Phi) is 5.00. The fourth-order valence-corrected chi connectivity index (χ4v) is 4.93. The molecule has 5 heteroatoms. The molecule has 2 heterocycles. The molecule has 2 aliphatic rings. The zero-order valence-electron chi connectivity index (χ0n) is 14.9. The van der Waals surface area contributed by atoms with Crippen molar-refractivity contribution in [1.82, 2.24) is 10.2 Å². The Hall–Kier alpha value is -1.36. The van der Waals surface area contributed by atoms with Crippen LogP contribution in [0.2, 0.25) is 0 Å². The monoisotopic (exact) mass is 348 g/mol. The smallest absolute Gasteiger partial charge is 0.225 e. The molecule has 1 aromatic rings. The Morgan fingerprint density at radius 2 is 2.04 bits per heavy atom. The topological polar surface area (TPSA) is 49.4 Å². The second-order valence-corrected chi connectivity index (χ2v) is 9.19. The normalized spacial score (nSPS) is 23.7. The molecule has 2 fully saturated rings. The molecule has 1 aromatic heterocycles. The lowest BCUT2D eigenvalue weighted by Gasteiger charge is -2.31. The van der Waals surface area contributed by atoms with Crippen molar-refractivity contribution in [2.45, 2.75) is 65.0 Å². The fraction of sp³-hybridized carbons (Fsp3) is 0.684. The average Bonchev–Trinajstić information content (AvgIpc) is 3.24. The van der Waals surface area contributed by atoms with E-state index in [0.29, 0.717) is 19.0 Å². The van der Waals surface area contributed by atoms with Gasteiger partial charge in [-0.3, -0.25) is 9.59 Å². The molecule has 0 bridgehead atoms. The molecule has 3 rings (SSSR count).